The molecule has 1 heterocycles. The zero-order valence-electron chi connectivity index (χ0n) is 15.7. The number of fused-ring (bicyclic) bond motifs is 1. The molecule has 0 saturated heterocycles. The zero-order chi connectivity index (χ0) is 18.5. The fourth-order valence-corrected chi connectivity index (χ4v) is 3.74. The van der Waals surface area contributed by atoms with Crippen LogP contribution in [-0.2, 0) is 19.5 Å². The molecule has 3 nitrogen and oxygen atoms in total. The second kappa shape index (κ2) is 8.28. The van der Waals surface area contributed by atoms with E-state index in [1.54, 1.807) is 7.11 Å². The van der Waals surface area contributed by atoms with Crippen molar-refractivity contribution < 1.29 is 9.47 Å². The molecule has 0 N–H and O–H groups in total. The molecule has 3 aromatic rings. The quantitative estimate of drug-likeness (QED) is 0.637. The number of benzene rings is 3. The van der Waals surface area contributed by atoms with Gasteiger partial charge in [-0.2, -0.15) is 0 Å². The van der Waals surface area contributed by atoms with Crippen LogP contribution in [0.1, 0.15) is 16.7 Å². The third-order valence-corrected chi connectivity index (χ3v) is 5.15. The molecule has 1 aliphatic rings. The van der Waals surface area contributed by atoms with Gasteiger partial charge < -0.3 is 9.47 Å². The predicted octanol–water partition coefficient (Wildman–Crippen LogP) is 4.70. The molecule has 3 heteroatoms. The predicted molar refractivity (Wildman–Crippen MR) is 108 cm³/mol. The maximum Gasteiger partial charge on any atom is 0.126 e. The van der Waals surface area contributed by atoms with E-state index in [0.29, 0.717) is 12.6 Å². The van der Waals surface area contributed by atoms with Crippen LogP contribution in [0.5, 0.6) is 11.5 Å². The molecule has 1 atom stereocenters. The van der Waals surface area contributed by atoms with Gasteiger partial charge in [-0.15, -0.1) is 0 Å². The van der Waals surface area contributed by atoms with E-state index in [-0.39, 0.29) is 0 Å². The molecule has 0 bridgehead atoms. The van der Waals surface area contributed by atoms with Crippen molar-refractivity contribution in [2.75, 3.05) is 13.7 Å². The van der Waals surface area contributed by atoms with Crippen LogP contribution in [0, 0.1) is 0 Å². The van der Waals surface area contributed by atoms with E-state index in [1.807, 2.05) is 18.2 Å². The first-order valence-corrected chi connectivity index (χ1v) is 9.44. The lowest BCUT2D eigenvalue weighted by molar-refractivity contribution is 0.105. The highest BCUT2D eigenvalue weighted by atomic mass is 16.5. The van der Waals surface area contributed by atoms with E-state index >= 15 is 0 Å². The normalized spacial score (nSPS) is 15.9. The fourth-order valence-electron chi connectivity index (χ4n) is 3.74. The van der Waals surface area contributed by atoms with Crippen molar-refractivity contribution in [2.24, 2.45) is 0 Å². The van der Waals surface area contributed by atoms with Gasteiger partial charge >= 0.3 is 0 Å². The first-order chi connectivity index (χ1) is 13.3. The van der Waals surface area contributed by atoms with Crippen molar-refractivity contribution in [3.63, 3.8) is 0 Å². The molecular weight excluding hydrogens is 334 g/mol. The molecule has 138 valence electrons. The number of hydrogen-bond acceptors (Lipinski definition) is 3. The number of nitrogens with zero attached hydrogens (tertiary/aromatic N) is 1. The highest BCUT2D eigenvalue weighted by molar-refractivity contribution is 5.46. The van der Waals surface area contributed by atoms with Gasteiger partial charge in [0, 0.05) is 24.7 Å². The first-order valence-electron chi connectivity index (χ1n) is 9.44. The van der Waals surface area contributed by atoms with Gasteiger partial charge in [0.2, 0.25) is 0 Å². The zero-order valence-corrected chi connectivity index (χ0v) is 15.7. The van der Waals surface area contributed by atoms with E-state index in [9.17, 15) is 0 Å². The van der Waals surface area contributed by atoms with Crippen molar-refractivity contribution in [3.8, 4) is 11.5 Å². The van der Waals surface area contributed by atoms with Crippen molar-refractivity contribution in [3.05, 3.63) is 95.6 Å². The average molecular weight is 359 g/mol. The molecule has 0 aromatic heterocycles. The monoisotopic (exact) mass is 359 g/mol. The summed E-state index contributed by atoms with van der Waals surface area (Å²) in [5.41, 5.74) is 3.81. The lowest BCUT2D eigenvalue weighted by Crippen LogP contribution is -2.42. The van der Waals surface area contributed by atoms with Gasteiger partial charge in [0.25, 0.3) is 0 Å². The Labute approximate surface area is 161 Å². The molecule has 0 aliphatic carbocycles. The van der Waals surface area contributed by atoms with Crippen LogP contribution in [0.25, 0.3) is 0 Å². The van der Waals surface area contributed by atoms with Crippen molar-refractivity contribution in [1.29, 1.82) is 0 Å². The summed E-state index contributed by atoms with van der Waals surface area (Å²) in [7, 11) is 1.73. The average Bonchev–Trinajstić information content (AvgIpc) is 2.74. The Morgan fingerprint density at radius 1 is 0.852 bits per heavy atom. The summed E-state index contributed by atoms with van der Waals surface area (Å²) in [6, 6.07) is 27.6. The summed E-state index contributed by atoms with van der Waals surface area (Å²) in [6.45, 7) is 2.49. The third-order valence-electron chi connectivity index (χ3n) is 5.15. The molecule has 0 saturated carbocycles. The molecule has 3 aromatic carbocycles. The van der Waals surface area contributed by atoms with Crippen molar-refractivity contribution in [2.45, 2.75) is 25.6 Å². The largest absolute Gasteiger partial charge is 0.496 e. The van der Waals surface area contributed by atoms with Gasteiger partial charge in [0.05, 0.1) is 7.11 Å². The highest BCUT2D eigenvalue weighted by Crippen LogP contribution is 2.34. The Morgan fingerprint density at radius 2 is 1.48 bits per heavy atom. The molecule has 0 fully saturated rings. The number of hydrogen-bond donors (Lipinski definition) is 0. The minimum Gasteiger partial charge on any atom is -0.496 e. The molecule has 0 radical (unpaired) electrons. The fraction of sp³-hybridized carbons (Fsp3) is 0.250. The Morgan fingerprint density at radius 3 is 2.07 bits per heavy atom. The maximum atomic E-state index is 6.11. The number of ether oxygens (including phenoxy) is 2. The van der Waals surface area contributed by atoms with Crippen LogP contribution in [0.2, 0.25) is 0 Å². The maximum absolute atomic E-state index is 6.11. The van der Waals surface area contributed by atoms with E-state index in [1.165, 1.54) is 16.7 Å². The summed E-state index contributed by atoms with van der Waals surface area (Å²) in [6.07, 6.45) is 0.930. The van der Waals surface area contributed by atoms with Gasteiger partial charge in [-0.25, -0.2) is 0 Å². The van der Waals surface area contributed by atoms with Crippen LogP contribution < -0.4 is 9.47 Å². The summed E-state index contributed by atoms with van der Waals surface area (Å²) in [5.74, 6) is 1.86. The van der Waals surface area contributed by atoms with Gasteiger partial charge in [0.1, 0.15) is 18.1 Å². The van der Waals surface area contributed by atoms with E-state index in [0.717, 1.165) is 31.0 Å². The second-order valence-corrected chi connectivity index (χ2v) is 6.98. The lowest BCUT2D eigenvalue weighted by atomic mass is 9.99. The molecule has 27 heavy (non-hydrogen) atoms. The highest BCUT2D eigenvalue weighted by Gasteiger charge is 2.27. The van der Waals surface area contributed by atoms with Crippen LogP contribution in [0.3, 0.4) is 0 Å². The minimum atomic E-state index is 0.300. The van der Waals surface area contributed by atoms with Crippen LogP contribution >= 0.6 is 0 Å². The third kappa shape index (κ3) is 4.15. The molecule has 4 rings (SSSR count). The molecular formula is C24H25NO2. The summed E-state index contributed by atoms with van der Waals surface area (Å²) < 4.78 is 11.7. The Hall–Kier alpha value is -2.78. The topological polar surface area (TPSA) is 21.7 Å². The SMILES string of the molecule is COc1cccc2c1C[C@H](N(Cc1ccccc1)Cc1ccccc1)CO2. The van der Waals surface area contributed by atoms with Crippen molar-refractivity contribution >= 4 is 0 Å². The summed E-state index contributed by atoms with van der Waals surface area (Å²) in [5, 5.41) is 0. The van der Waals surface area contributed by atoms with E-state index in [4.69, 9.17) is 9.47 Å². The second-order valence-electron chi connectivity index (χ2n) is 6.98. The van der Waals surface area contributed by atoms with Gasteiger partial charge in [-0.1, -0.05) is 66.7 Å². The summed E-state index contributed by atoms with van der Waals surface area (Å²) >= 11 is 0. The lowest BCUT2D eigenvalue weighted by Gasteiger charge is -2.35. The Balaban J connectivity index is 1.60. The van der Waals surface area contributed by atoms with E-state index < -0.39 is 0 Å². The van der Waals surface area contributed by atoms with Crippen LogP contribution in [0.15, 0.2) is 78.9 Å². The molecule has 0 unspecified atom stereocenters. The van der Waals surface area contributed by atoms with Gasteiger partial charge in [-0.3, -0.25) is 4.90 Å². The first kappa shape index (κ1) is 17.6. The number of methoxy groups -OCH3 is 1. The van der Waals surface area contributed by atoms with Crippen molar-refractivity contribution in [1.82, 2.24) is 4.90 Å². The standard InChI is InChI=1S/C24H25NO2/c1-26-23-13-8-14-24-22(23)15-21(18-27-24)25(16-19-9-4-2-5-10-19)17-20-11-6-3-7-12-20/h2-14,21H,15-18H2,1H3/t21-/m0/s1. The Kier molecular flexibility index (Phi) is 5.40. The minimum absolute atomic E-state index is 0.300. The van der Waals surface area contributed by atoms with Gasteiger partial charge in [0.15, 0.2) is 0 Å². The molecule has 0 spiro atoms. The summed E-state index contributed by atoms with van der Waals surface area (Å²) in [4.78, 5) is 2.51. The molecule has 0 amide bonds. The van der Waals surface area contributed by atoms with Crippen LogP contribution in [-0.4, -0.2) is 24.7 Å². The van der Waals surface area contributed by atoms with E-state index in [2.05, 4.69) is 65.6 Å². The smallest absolute Gasteiger partial charge is 0.126 e. The van der Waals surface area contributed by atoms with Crippen LogP contribution in [0.4, 0.5) is 0 Å². The molecule has 1 aliphatic heterocycles. The number of rotatable bonds is 6. The van der Waals surface area contributed by atoms with Gasteiger partial charge in [-0.05, 0) is 29.7 Å². The Bertz CT molecular complexity index is 808.